The molecule has 3 aromatic rings. The maximum atomic E-state index is 14.2. The van der Waals surface area contributed by atoms with Crippen LogP contribution in [0.1, 0.15) is 70.2 Å². The second-order valence-electron chi connectivity index (χ2n) is 14.7. The number of aryl methyl sites for hydroxylation is 1. The molecule has 1 amide bonds. The van der Waals surface area contributed by atoms with E-state index < -0.39 is 0 Å². The van der Waals surface area contributed by atoms with Gasteiger partial charge in [-0.1, -0.05) is 88.7 Å². The van der Waals surface area contributed by atoms with Gasteiger partial charge in [-0.05, 0) is 65.1 Å². The minimum absolute atomic E-state index is 0.00662. The van der Waals surface area contributed by atoms with Crippen LogP contribution >= 0.6 is 11.6 Å². The molecule has 1 atom stereocenters. The molecule has 1 fully saturated rings. The van der Waals surface area contributed by atoms with Gasteiger partial charge in [0.05, 0.1) is 24.0 Å². The lowest BCUT2D eigenvalue weighted by atomic mass is 9.73. The summed E-state index contributed by atoms with van der Waals surface area (Å²) < 4.78 is 0. The number of allylic oxidation sites excluding steroid dienone is 1. The highest BCUT2D eigenvalue weighted by molar-refractivity contribution is 6.30. The van der Waals surface area contributed by atoms with Crippen LogP contribution in [0.4, 0.5) is 17.1 Å². The van der Waals surface area contributed by atoms with Gasteiger partial charge in [0, 0.05) is 54.6 Å². The first kappa shape index (κ1) is 31.2. The molecular formula is C38H45ClN4O2. The lowest BCUT2D eigenvalue weighted by Gasteiger charge is -2.40. The highest BCUT2D eigenvalue weighted by Crippen LogP contribution is 2.48. The van der Waals surface area contributed by atoms with E-state index in [4.69, 9.17) is 11.6 Å². The Bertz CT molecular complexity index is 1640. The van der Waals surface area contributed by atoms with E-state index in [1.54, 1.807) is 0 Å². The average molecular weight is 625 g/mol. The fraction of sp³-hybridized carbons (Fsp3) is 0.421. The molecule has 7 heteroatoms. The number of rotatable bonds is 4. The average Bonchev–Trinajstić information content (AvgIpc) is 3.12. The SMILES string of the molecule is Cc1ccc(Cl)cc1N1CCN(C(=O)CN2c3ccccc3NC3=C(C(=O)CC(C)(C)C3)C2c2ccc(C(C)(C)C)cc2)CC1. The minimum atomic E-state index is -0.381. The number of ketones is 1. The largest absolute Gasteiger partial charge is 0.368 e. The van der Waals surface area contributed by atoms with Gasteiger partial charge in [-0.2, -0.15) is 0 Å². The Morgan fingerprint density at radius 3 is 2.31 bits per heavy atom. The summed E-state index contributed by atoms with van der Waals surface area (Å²) in [6, 6.07) is 22.4. The molecule has 1 N–H and O–H groups in total. The zero-order valence-corrected chi connectivity index (χ0v) is 28.2. The van der Waals surface area contributed by atoms with Crippen LogP contribution in [0.2, 0.25) is 5.02 Å². The second-order valence-corrected chi connectivity index (χ2v) is 15.1. The fourth-order valence-corrected chi connectivity index (χ4v) is 7.27. The molecule has 3 aliphatic rings. The molecule has 0 radical (unpaired) electrons. The standard InChI is InChI=1S/C38H45ClN4O2/c1-25-11-16-28(39)21-32(25)41-17-19-42(20-18-41)34(45)24-43-31-10-8-7-9-29(31)40-30-22-38(5,6)23-33(44)35(30)36(43)26-12-14-27(15-13-26)37(2,3)4/h7-16,21,36,40H,17-20,22-24H2,1-6H3. The lowest BCUT2D eigenvalue weighted by Crippen LogP contribution is -2.52. The Kier molecular flexibility index (Phi) is 8.23. The Labute approximate surface area is 273 Å². The van der Waals surface area contributed by atoms with E-state index in [9.17, 15) is 9.59 Å². The summed E-state index contributed by atoms with van der Waals surface area (Å²) in [5, 5.41) is 4.39. The number of Topliss-reactive ketones (excluding diaryl/α,β-unsaturated/α-hetero) is 1. The van der Waals surface area contributed by atoms with Crippen LogP contribution in [0.5, 0.6) is 0 Å². The normalized spacial score (nSPS) is 19.9. The minimum Gasteiger partial charge on any atom is -0.368 e. The Balaban J connectivity index is 1.36. The summed E-state index contributed by atoms with van der Waals surface area (Å²) >= 11 is 6.32. The number of nitrogens with one attached hydrogen (secondary N) is 1. The highest BCUT2D eigenvalue weighted by atomic mass is 35.5. The molecular weight excluding hydrogens is 580 g/mol. The summed E-state index contributed by atoms with van der Waals surface area (Å²) in [5.74, 6) is 0.214. The number of halogens is 1. The molecule has 2 aliphatic heterocycles. The van der Waals surface area contributed by atoms with Crippen molar-refractivity contribution in [2.24, 2.45) is 5.41 Å². The van der Waals surface area contributed by atoms with E-state index in [1.807, 2.05) is 35.2 Å². The first-order valence-corrected chi connectivity index (χ1v) is 16.5. The van der Waals surface area contributed by atoms with Crippen molar-refractivity contribution in [1.29, 1.82) is 0 Å². The lowest BCUT2D eigenvalue weighted by molar-refractivity contribution is -0.130. The number of para-hydroxylation sites is 2. The predicted octanol–water partition coefficient (Wildman–Crippen LogP) is 7.91. The summed E-state index contributed by atoms with van der Waals surface area (Å²) in [6.45, 7) is 16.0. The Morgan fingerprint density at radius 2 is 1.62 bits per heavy atom. The van der Waals surface area contributed by atoms with E-state index in [2.05, 4.69) is 93.1 Å². The van der Waals surface area contributed by atoms with Gasteiger partial charge in [0.1, 0.15) is 0 Å². The molecule has 45 heavy (non-hydrogen) atoms. The maximum Gasteiger partial charge on any atom is 0.242 e. The van der Waals surface area contributed by atoms with Crippen LogP contribution in [0, 0.1) is 12.3 Å². The number of hydrogen-bond acceptors (Lipinski definition) is 5. The van der Waals surface area contributed by atoms with Crippen molar-refractivity contribution in [2.45, 2.75) is 65.8 Å². The molecule has 236 valence electrons. The molecule has 1 unspecified atom stereocenters. The first-order chi connectivity index (χ1) is 21.3. The van der Waals surface area contributed by atoms with E-state index in [0.717, 1.165) is 58.4 Å². The van der Waals surface area contributed by atoms with Crippen LogP contribution in [-0.2, 0) is 15.0 Å². The third-order valence-electron chi connectivity index (χ3n) is 9.55. The van der Waals surface area contributed by atoms with Crippen LogP contribution in [-0.4, -0.2) is 49.3 Å². The Morgan fingerprint density at radius 1 is 0.933 bits per heavy atom. The van der Waals surface area contributed by atoms with Crippen molar-refractivity contribution in [3.05, 3.63) is 99.7 Å². The fourth-order valence-electron chi connectivity index (χ4n) is 7.10. The number of fused-ring (bicyclic) bond motifs is 1. The number of carbonyl (C=O) groups is 2. The van der Waals surface area contributed by atoms with Gasteiger partial charge in [-0.15, -0.1) is 0 Å². The molecule has 3 aromatic carbocycles. The van der Waals surface area contributed by atoms with Gasteiger partial charge in [-0.25, -0.2) is 0 Å². The number of hydrogen-bond donors (Lipinski definition) is 1. The molecule has 0 bridgehead atoms. The van der Waals surface area contributed by atoms with Crippen molar-refractivity contribution in [3.63, 3.8) is 0 Å². The first-order valence-electron chi connectivity index (χ1n) is 16.1. The third-order valence-corrected chi connectivity index (χ3v) is 9.78. The zero-order chi connectivity index (χ0) is 32.1. The molecule has 0 saturated carbocycles. The van der Waals surface area contributed by atoms with Gasteiger partial charge >= 0.3 is 0 Å². The Hall–Kier alpha value is -3.77. The van der Waals surface area contributed by atoms with Crippen LogP contribution in [0.15, 0.2) is 78.0 Å². The molecule has 0 spiro atoms. The molecule has 6 rings (SSSR count). The third kappa shape index (κ3) is 6.35. The van der Waals surface area contributed by atoms with Crippen LogP contribution in [0.25, 0.3) is 0 Å². The molecule has 1 aliphatic carbocycles. The van der Waals surface area contributed by atoms with E-state index in [1.165, 1.54) is 11.1 Å². The van der Waals surface area contributed by atoms with E-state index in [0.29, 0.717) is 19.5 Å². The summed E-state index contributed by atoms with van der Waals surface area (Å²) in [6.07, 6.45) is 1.25. The molecule has 0 aromatic heterocycles. The smallest absolute Gasteiger partial charge is 0.242 e. The van der Waals surface area contributed by atoms with Gasteiger partial charge in [0.25, 0.3) is 0 Å². The van der Waals surface area contributed by atoms with Crippen LogP contribution in [0.3, 0.4) is 0 Å². The summed E-state index contributed by atoms with van der Waals surface area (Å²) in [4.78, 5) is 34.7. The number of amides is 1. The summed E-state index contributed by atoms with van der Waals surface area (Å²) in [7, 11) is 0. The van der Waals surface area contributed by atoms with Crippen molar-refractivity contribution in [3.8, 4) is 0 Å². The van der Waals surface area contributed by atoms with Gasteiger partial charge in [-0.3, -0.25) is 9.59 Å². The maximum absolute atomic E-state index is 14.2. The van der Waals surface area contributed by atoms with Crippen LogP contribution < -0.4 is 15.1 Å². The number of benzene rings is 3. The predicted molar refractivity (Wildman–Crippen MR) is 185 cm³/mol. The van der Waals surface area contributed by atoms with Gasteiger partial charge < -0.3 is 20.0 Å². The molecule has 6 nitrogen and oxygen atoms in total. The highest BCUT2D eigenvalue weighted by Gasteiger charge is 2.42. The zero-order valence-electron chi connectivity index (χ0n) is 27.4. The second kappa shape index (κ2) is 11.9. The molecule has 2 heterocycles. The monoisotopic (exact) mass is 624 g/mol. The number of piperazine rings is 1. The van der Waals surface area contributed by atoms with Crippen molar-refractivity contribution in [1.82, 2.24) is 4.90 Å². The topological polar surface area (TPSA) is 55.9 Å². The van der Waals surface area contributed by atoms with Gasteiger partial charge in [0.15, 0.2) is 5.78 Å². The van der Waals surface area contributed by atoms with Crippen molar-refractivity contribution < 1.29 is 9.59 Å². The number of anilines is 3. The van der Waals surface area contributed by atoms with Gasteiger partial charge in [0.2, 0.25) is 5.91 Å². The van der Waals surface area contributed by atoms with Crippen molar-refractivity contribution >= 4 is 40.4 Å². The molecule has 1 saturated heterocycles. The number of carbonyl (C=O) groups excluding carboxylic acids is 2. The van der Waals surface area contributed by atoms with Crippen molar-refractivity contribution in [2.75, 3.05) is 47.8 Å². The summed E-state index contributed by atoms with van der Waals surface area (Å²) in [5.41, 5.74) is 8.03. The quantitative estimate of drug-likeness (QED) is 0.320. The van der Waals surface area contributed by atoms with E-state index in [-0.39, 0.29) is 35.1 Å². The number of nitrogens with zero attached hydrogens (tertiary/aromatic N) is 3. The van der Waals surface area contributed by atoms with E-state index >= 15 is 0 Å².